The van der Waals surface area contributed by atoms with Gasteiger partial charge in [-0.1, -0.05) is 27.2 Å². The van der Waals surface area contributed by atoms with Crippen molar-refractivity contribution in [3.05, 3.63) is 44.7 Å². The van der Waals surface area contributed by atoms with Crippen LogP contribution in [-0.2, 0) is 11.3 Å². The zero-order valence-electron chi connectivity index (χ0n) is 20.8. The Bertz CT molecular complexity index is 1170. The van der Waals surface area contributed by atoms with E-state index in [2.05, 4.69) is 34.8 Å². The maximum atomic E-state index is 13.7. The molecule has 10 nitrogen and oxygen atoms in total. The van der Waals surface area contributed by atoms with E-state index in [1.165, 1.54) is 9.47 Å². The summed E-state index contributed by atoms with van der Waals surface area (Å²) in [5.74, 6) is 0.724. The van der Waals surface area contributed by atoms with Gasteiger partial charge < -0.3 is 15.5 Å². The third kappa shape index (κ3) is 6.10. The predicted molar refractivity (Wildman–Crippen MR) is 136 cm³/mol. The van der Waals surface area contributed by atoms with Gasteiger partial charge in [0.15, 0.2) is 5.69 Å². The zero-order valence-corrected chi connectivity index (χ0v) is 20.8. The van der Waals surface area contributed by atoms with Gasteiger partial charge in [0.1, 0.15) is 17.7 Å². The molecule has 0 spiro atoms. The van der Waals surface area contributed by atoms with Crippen LogP contribution in [0.4, 0.5) is 17.3 Å². The van der Waals surface area contributed by atoms with Crippen molar-refractivity contribution in [3.8, 4) is 6.07 Å². The summed E-state index contributed by atoms with van der Waals surface area (Å²) in [6.45, 7) is 8.12. The van der Waals surface area contributed by atoms with Crippen LogP contribution in [0.25, 0.3) is 0 Å². The minimum Gasteiger partial charge on any atom is -0.383 e. The number of rotatable bonds is 9. The number of pyridine rings is 1. The molecule has 10 heteroatoms. The number of aromatic amines is 1. The standard InChI is InChI=1S/C25H35N7O3/c1-4-5-11-32-22(27)21(23(33)29-25(32)35)31(14-8-17(2)3)24(34)19-9-12-30(13-10-19)20-7-6-18(15-26)16-28-20/h6-7,16-17,19H,4-5,8-14,27H2,1-3H3,(H,29,33,35). The first-order valence-electron chi connectivity index (χ1n) is 12.3. The van der Waals surface area contributed by atoms with E-state index in [1.807, 2.05) is 13.0 Å². The fourth-order valence-corrected chi connectivity index (χ4v) is 4.31. The van der Waals surface area contributed by atoms with Crippen LogP contribution in [0.3, 0.4) is 0 Å². The molecule has 1 aliphatic heterocycles. The molecule has 1 saturated heterocycles. The number of nitrogens with one attached hydrogen (secondary N) is 1. The van der Waals surface area contributed by atoms with Crippen LogP contribution in [0, 0.1) is 23.2 Å². The second-order valence-electron chi connectivity index (χ2n) is 9.45. The maximum Gasteiger partial charge on any atom is 0.330 e. The lowest BCUT2D eigenvalue weighted by Crippen LogP contribution is -2.47. The summed E-state index contributed by atoms with van der Waals surface area (Å²) in [7, 11) is 0. The summed E-state index contributed by atoms with van der Waals surface area (Å²) in [5, 5.41) is 8.97. The number of hydrogen-bond acceptors (Lipinski definition) is 7. The normalized spacial score (nSPS) is 14.2. The number of nitrogens with zero attached hydrogens (tertiary/aromatic N) is 5. The molecule has 2 aromatic heterocycles. The van der Waals surface area contributed by atoms with Crippen LogP contribution < -0.4 is 26.8 Å². The third-order valence-corrected chi connectivity index (χ3v) is 6.46. The molecule has 0 saturated carbocycles. The summed E-state index contributed by atoms with van der Waals surface area (Å²) >= 11 is 0. The predicted octanol–water partition coefficient (Wildman–Crippen LogP) is 2.48. The number of aromatic nitrogens is 3. The van der Waals surface area contributed by atoms with Crippen molar-refractivity contribution in [1.29, 1.82) is 5.26 Å². The molecule has 0 radical (unpaired) electrons. The molecule has 1 aliphatic rings. The van der Waals surface area contributed by atoms with E-state index in [4.69, 9.17) is 11.0 Å². The SMILES string of the molecule is CCCCn1c(N)c(N(CCC(C)C)C(=O)C2CCN(c3ccc(C#N)cn3)CC2)c(=O)[nH]c1=O. The highest BCUT2D eigenvalue weighted by Gasteiger charge is 2.32. The van der Waals surface area contributed by atoms with Gasteiger partial charge in [0.05, 0.1) is 5.56 Å². The van der Waals surface area contributed by atoms with Crippen molar-refractivity contribution in [2.75, 3.05) is 35.2 Å². The van der Waals surface area contributed by atoms with E-state index in [-0.39, 0.29) is 23.3 Å². The summed E-state index contributed by atoms with van der Waals surface area (Å²) < 4.78 is 1.36. The summed E-state index contributed by atoms with van der Waals surface area (Å²) in [6.07, 6.45) is 5.05. The number of H-pyrrole nitrogens is 1. The number of nitrogen functional groups attached to an aromatic ring is 1. The van der Waals surface area contributed by atoms with Gasteiger partial charge >= 0.3 is 5.69 Å². The molecule has 3 rings (SSSR count). The van der Waals surface area contributed by atoms with E-state index in [1.54, 1.807) is 12.3 Å². The summed E-state index contributed by atoms with van der Waals surface area (Å²) in [5.41, 5.74) is 5.73. The largest absolute Gasteiger partial charge is 0.383 e. The number of amides is 1. The monoisotopic (exact) mass is 481 g/mol. The van der Waals surface area contributed by atoms with Crippen LogP contribution in [-0.4, -0.2) is 40.1 Å². The van der Waals surface area contributed by atoms with Crippen molar-refractivity contribution in [1.82, 2.24) is 14.5 Å². The fourth-order valence-electron chi connectivity index (χ4n) is 4.31. The van der Waals surface area contributed by atoms with Crippen molar-refractivity contribution in [3.63, 3.8) is 0 Å². The van der Waals surface area contributed by atoms with Crippen molar-refractivity contribution in [2.24, 2.45) is 11.8 Å². The Morgan fingerprint density at radius 2 is 2.03 bits per heavy atom. The molecule has 3 N–H and O–H groups in total. The Balaban J connectivity index is 1.84. The number of carbonyl (C=O) groups is 1. The van der Waals surface area contributed by atoms with Gasteiger partial charge in [-0.25, -0.2) is 9.78 Å². The number of anilines is 3. The highest BCUT2D eigenvalue weighted by atomic mass is 16.2. The number of nitriles is 1. The second-order valence-corrected chi connectivity index (χ2v) is 9.45. The van der Waals surface area contributed by atoms with Gasteiger partial charge in [0.25, 0.3) is 5.56 Å². The minimum absolute atomic E-state index is 0.0449. The van der Waals surface area contributed by atoms with Crippen molar-refractivity contribution < 1.29 is 4.79 Å². The molecule has 3 heterocycles. The summed E-state index contributed by atoms with van der Waals surface area (Å²) in [4.78, 5) is 49.3. The van der Waals surface area contributed by atoms with Crippen LogP contribution >= 0.6 is 0 Å². The first-order chi connectivity index (χ1) is 16.8. The van der Waals surface area contributed by atoms with Gasteiger partial charge in [0, 0.05) is 38.3 Å². The van der Waals surface area contributed by atoms with Gasteiger partial charge in [-0.15, -0.1) is 0 Å². The highest BCUT2D eigenvalue weighted by Crippen LogP contribution is 2.27. The molecule has 0 bridgehead atoms. The molecule has 1 fully saturated rings. The number of unbranched alkanes of at least 4 members (excludes halogenated alkanes) is 1. The lowest BCUT2D eigenvalue weighted by atomic mass is 9.94. The van der Waals surface area contributed by atoms with Gasteiger partial charge in [-0.05, 0) is 43.7 Å². The maximum absolute atomic E-state index is 13.7. The molecule has 0 unspecified atom stereocenters. The Morgan fingerprint density at radius 1 is 1.31 bits per heavy atom. The first kappa shape index (κ1) is 26.0. The summed E-state index contributed by atoms with van der Waals surface area (Å²) in [6, 6.07) is 5.61. The molecule has 35 heavy (non-hydrogen) atoms. The van der Waals surface area contributed by atoms with Crippen molar-refractivity contribution >= 4 is 23.2 Å². The van der Waals surface area contributed by atoms with E-state index in [0.717, 1.165) is 18.7 Å². The topological polar surface area (TPSA) is 141 Å². The quantitative estimate of drug-likeness (QED) is 0.560. The Kier molecular flexibility index (Phi) is 8.68. The Labute approximate surface area is 205 Å². The fraction of sp³-hybridized carbons (Fsp3) is 0.560. The van der Waals surface area contributed by atoms with Gasteiger partial charge in [0.2, 0.25) is 5.91 Å². The highest BCUT2D eigenvalue weighted by molar-refractivity contribution is 5.97. The molecular weight excluding hydrogens is 446 g/mol. The van der Waals surface area contributed by atoms with E-state index >= 15 is 0 Å². The molecule has 188 valence electrons. The zero-order chi connectivity index (χ0) is 25.5. The van der Waals surface area contributed by atoms with E-state index < -0.39 is 11.2 Å². The lowest BCUT2D eigenvalue weighted by molar-refractivity contribution is -0.123. The molecule has 2 aromatic rings. The average molecular weight is 482 g/mol. The molecule has 0 aromatic carbocycles. The van der Waals surface area contributed by atoms with Gasteiger partial charge in [-0.2, -0.15) is 5.26 Å². The smallest absolute Gasteiger partial charge is 0.330 e. The molecule has 1 amide bonds. The van der Waals surface area contributed by atoms with E-state index in [9.17, 15) is 14.4 Å². The minimum atomic E-state index is -0.628. The molecule has 0 atom stereocenters. The number of carbonyl (C=O) groups excluding carboxylic acids is 1. The first-order valence-corrected chi connectivity index (χ1v) is 12.3. The Hall–Kier alpha value is -3.61. The van der Waals surface area contributed by atoms with Crippen LogP contribution in [0.15, 0.2) is 27.9 Å². The average Bonchev–Trinajstić information content (AvgIpc) is 2.85. The van der Waals surface area contributed by atoms with Crippen LogP contribution in [0.5, 0.6) is 0 Å². The number of hydrogen-bond donors (Lipinski definition) is 2. The number of piperidine rings is 1. The van der Waals surface area contributed by atoms with Crippen molar-refractivity contribution in [2.45, 2.75) is 59.4 Å². The van der Waals surface area contributed by atoms with Gasteiger partial charge in [-0.3, -0.25) is 19.1 Å². The van der Waals surface area contributed by atoms with E-state index in [0.29, 0.717) is 56.9 Å². The molecular formula is C25H35N7O3. The molecule has 0 aliphatic carbocycles. The lowest BCUT2D eigenvalue weighted by Gasteiger charge is -2.35. The second kappa shape index (κ2) is 11.7. The Morgan fingerprint density at radius 3 is 2.60 bits per heavy atom. The van der Waals surface area contributed by atoms with Crippen LogP contribution in [0.1, 0.15) is 58.4 Å². The number of nitrogens with two attached hydrogens (primary N) is 1. The third-order valence-electron chi connectivity index (χ3n) is 6.46. The van der Waals surface area contributed by atoms with Crippen LogP contribution in [0.2, 0.25) is 0 Å².